The zero-order valence-electron chi connectivity index (χ0n) is 11.1. The Morgan fingerprint density at radius 2 is 1.79 bits per heavy atom. The molecule has 0 unspecified atom stereocenters. The van der Waals surface area contributed by atoms with Crippen molar-refractivity contribution in [3.8, 4) is 0 Å². The molecule has 1 N–H and O–H groups in total. The monoisotopic (exact) mass is 251 g/mol. The van der Waals surface area contributed by atoms with E-state index in [1.54, 1.807) is 0 Å². The van der Waals surface area contributed by atoms with E-state index >= 15 is 0 Å². The lowest BCUT2D eigenvalue weighted by atomic mass is 10.0. The van der Waals surface area contributed by atoms with E-state index < -0.39 is 0 Å². The van der Waals surface area contributed by atoms with E-state index in [1.807, 2.05) is 36.4 Å². The van der Waals surface area contributed by atoms with Crippen LogP contribution >= 0.6 is 0 Å². The molecule has 2 nitrogen and oxygen atoms in total. The van der Waals surface area contributed by atoms with E-state index in [0.717, 1.165) is 46.6 Å². The minimum absolute atomic E-state index is 0.149. The molecule has 0 bridgehead atoms. The molecule has 0 aliphatic heterocycles. The van der Waals surface area contributed by atoms with Crippen LogP contribution in [0.1, 0.15) is 25.3 Å². The highest BCUT2D eigenvalue weighted by atomic mass is 16.1. The highest BCUT2D eigenvalue weighted by Gasteiger charge is 2.08. The summed E-state index contributed by atoms with van der Waals surface area (Å²) in [5.41, 5.74) is 3.16. The van der Waals surface area contributed by atoms with E-state index in [2.05, 4.69) is 18.0 Å². The molecule has 0 radical (unpaired) electrons. The van der Waals surface area contributed by atoms with Gasteiger partial charge in [0.2, 0.25) is 0 Å². The van der Waals surface area contributed by atoms with Gasteiger partial charge in [-0.2, -0.15) is 0 Å². The third-order valence-corrected chi connectivity index (χ3v) is 3.62. The summed E-state index contributed by atoms with van der Waals surface area (Å²) in [6.45, 7) is 2.17. The molecule has 0 fully saturated rings. The van der Waals surface area contributed by atoms with Gasteiger partial charge in [0, 0.05) is 16.3 Å². The first-order valence-electron chi connectivity index (χ1n) is 6.84. The number of aromatic nitrogens is 1. The molecule has 0 atom stereocenters. The van der Waals surface area contributed by atoms with Crippen LogP contribution in [0.25, 0.3) is 21.8 Å². The molecular formula is C17H17NO. The van der Waals surface area contributed by atoms with Crippen LogP contribution in [0.2, 0.25) is 0 Å². The van der Waals surface area contributed by atoms with Crippen molar-refractivity contribution in [2.45, 2.75) is 26.2 Å². The third-order valence-electron chi connectivity index (χ3n) is 3.62. The Morgan fingerprint density at radius 3 is 2.63 bits per heavy atom. The summed E-state index contributed by atoms with van der Waals surface area (Å²) in [5.74, 6) is 0. The van der Waals surface area contributed by atoms with Crippen LogP contribution in [0, 0.1) is 0 Å². The average molecular weight is 251 g/mol. The van der Waals surface area contributed by atoms with Gasteiger partial charge >= 0.3 is 0 Å². The fraction of sp³-hybridized carbons (Fsp3) is 0.235. The maximum Gasteiger partial charge on any atom is 0.197 e. The van der Waals surface area contributed by atoms with Gasteiger partial charge in [0.25, 0.3) is 0 Å². The van der Waals surface area contributed by atoms with Gasteiger partial charge in [-0.05, 0) is 36.6 Å². The Balaban J connectivity index is 2.36. The van der Waals surface area contributed by atoms with Gasteiger partial charge in [0.1, 0.15) is 0 Å². The molecule has 0 aliphatic carbocycles. The van der Waals surface area contributed by atoms with Gasteiger partial charge < -0.3 is 4.98 Å². The molecule has 96 valence electrons. The number of hydrogen-bond acceptors (Lipinski definition) is 1. The summed E-state index contributed by atoms with van der Waals surface area (Å²) in [6.07, 6.45) is 3.22. The second kappa shape index (κ2) is 4.88. The molecule has 3 aromatic rings. The number of unbranched alkanes of at least 4 members (excludes halogenated alkanes) is 1. The standard InChI is InChI=1S/C17H17NO/c1-2-3-7-12-8-6-11-15-16(12)17(19)13-9-4-5-10-14(13)18-15/h4-6,8-11H,2-3,7H2,1H3,(H,18,19). The average Bonchev–Trinajstić information content (AvgIpc) is 2.45. The maximum atomic E-state index is 12.7. The van der Waals surface area contributed by atoms with Crippen molar-refractivity contribution >= 4 is 21.8 Å². The largest absolute Gasteiger partial charge is 0.354 e. The zero-order valence-corrected chi connectivity index (χ0v) is 11.1. The van der Waals surface area contributed by atoms with Crippen molar-refractivity contribution in [2.24, 2.45) is 0 Å². The number of fused-ring (bicyclic) bond motifs is 2. The van der Waals surface area contributed by atoms with Gasteiger partial charge in [-0.25, -0.2) is 0 Å². The number of aromatic amines is 1. The van der Waals surface area contributed by atoms with Crippen LogP contribution in [0.4, 0.5) is 0 Å². The number of benzene rings is 2. The topological polar surface area (TPSA) is 32.9 Å². The van der Waals surface area contributed by atoms with E-state index in [4.69, 9.17) is 0 Å². The quantitative estimate of drug-likeness (QED) is 0.700. The van der Waals surface area contributed by atoms with Gasteiger partial charge in [-0.1, -0.05) is 37.6 Å². The number of nitrogens with one attached hydrogen (secondary N) is 1. The van der Waals surface area contributed by atoms with Crippen LogP contribution in [-0.4, -0.2) is 4.98 Å². The van der Waals surface area contributed by atoms with Crippen LogP contribution in [-0.2, 0) is 6.42 Å². The predicted molar refractivity (Wildman–Crippen MR) is 80.7 cm³/mol. The Morgan fingerprint density at radius 1 is 1.00 bits per heavy atom. The summed E-state index contributed by atoms with van der Waals surface area (Å²) >= 11 is 0. The second-order valence-electron chi connectivity index (χ2n) is 4.94. The van der Waals surface area contributed by atoms with E-state index in [-0.39, 0.29) is 5.43 Å². The lowest BCUT2D eigenvalue weighted by molar-refractivity contribution is 0.799. The van der Waals surface area contributed by atoms with Crippen molar-refractivity contribution in [3.05, 3.63) is 58.3 Å². The summed E-state index contributed by atoms with van der Waals surface area (Å²) in [4.78, 5) is 16.0. The fourth-order valence-corrected chi connectivity index (χ4v) is 2.62. The van der Waals surface area contributed by atoms with Crippen molar-refractivity contribution in [2.75, 3.05) is 0 Å². The van der Waals surface area contributed by atoms with Gasteiger partial charge in [-0.15, -0.1) is 0 Å². The summed E-state index contributed by atoms with van der Waals surface area (Å²) in [5, 5.41) is 1.63. The summed E-state index contributed by atoms with van der Waals surface area (Å²) < 4.78 is 0. The molecule has 2 heteroatoms. The minimum Gasteiger partial charge on any atom is -0.354 e. The molecule has 0 saturated carbocycles. The van der Waals surface area contributed by atoms with Crippen molar-refractivity contribution < 1.29 is 0 Å². The minimum atomic E-state index is 0.149. The SMILES string of the molecule is CCCCc1cccc2[nH]c3ccccc3c(=O)c12. The molecule has 0 amide bonds. The first-order valence-corrected chi connectivity index (χ1v) is 6.84. The highest BCUT2D eigenvalue weighted by molar-refractivity contribution is 5.94. The smallest absolute Gasteiger partial charge is 0.197 e. The number of rotatable bonds is 3. The third kappa shape index (κ3) is 2.03. The van der Waals surface area contributed by atoms with Crippen molar-refractivity contribution in [1.82, 2.24) is 4.98 Å². The van der Waals surface area contributed by atoms with E-state index in [1.165, 1.54) is 0 Å². The van der Waals surface area contributed by atoms with Crippen LogP contribution in [0.15, 0.2) is 47.3 Å². The van der Waals surface area contributed by atoms with Gasteiger partial charge in [0.05, 0.1) is 5.52 Å². The summed E-state index contributed by atoms with van der Waals surface area (Å²) in [7, 11) is 0. The normalized spacial score (nSPS) is 11.2. The first-order chi connectivity index (χ1) is 9.31. The van der Waals surface area contributed by atoms with Gasteiger partial charge in [0.15, 0.2) is 5.43 Å². The molecule has 1 aromatic heterocycles. The second-order valence-corrected chi connectivity index (χ2v) is 4.94. The van der Waals surface area contributed by atoms with Gasteiger partial charge in [-0.3, -0.25) is 4.79 Å². The summed E-state index contributed by atoms with van der Waals surface area (Å²) in [6, 6.07) is 13.8. The number of pyridine rings is 1. The molecule has 2 aromatic carbocycles. The molecular weight excluding hydrogens is 234 g/mol. The molecule has 1 heterocycles. The number of para-hydroxylation sites is 1. The van der Waals surface area contributed by atoms with Crippen molar-refractivity contribution in [3.63, 3.8) is 0 Å². The van der Waals surface area contributed by atoms with E-state index in [0.29, 0.717) is 0 Å². The van der Waals surface area contributed by atoms with Crippen LogP contribution < -0.4 is 5.43 Å². The molecule has 0 spiro atoms. The first kappa shape index (κ1) is 12.0. The zero-order chi connectivity index (χ0) is 13.2. The predicted octanol–water partition coefficient (Wildman–Crippen LogP) is 4.02. The number of aryl methyl sites for hydroxylation is 1. The molecule has 0 aliphatic rings. The molecule has 3 rings (SSSR count). The maximum absolute atomic E-state index is 12.7. The van der Waals surface area contributed by atoms with Crippen LogP contribution in [0.3, 0.4) is 0 Å². The Bertz CT molecular complexity index is 786. The fourth-order valence-electron chi connectivity index (χ4n) is 2.62. The Kier molecular flexibility index (Phi) is 3.08. The molecule has 19 heavy (non-hydrogen) atoms. The number of H-pyrrole nitrogens is 1. The Hall–Kier alpha value is -2.09. The Labute approximate surface area is 112 Å². The number of hydrogen-bond donors (Lipinski definition) is 1. The highest BCUT2D eigenvalue weighted by Crippen LogP contribution is 2.19. The molecule has 0 saturated heterocycles. The van der Waals surface area contributed by atoms with Crippen molar-refractivity contribution in [1.29, 1.82) is 0 Å². The van der Waals surface area contributed by atoms with Crippen LogP contribution in [0.5, 0.6) is 0 Å². The van der Waals surface area contributed by atoms with E-state index in [9.17, 15) is 4.79 Å². The lowest BCUT2D eigenvalue weighted by Crippen LogP contribution is -2.07. The lowest BCUT2D eigenvalue weighted by Gasteiger charge is -2.07.